The van der Waals surface area contributed by atoms with Gasteiger partial charge in [0.05, 0.1) is 6.10 Å². The van der Waals surface area contributed by atoms with E-state index in [1.54, 1.807) is 22.7 Å². The highest BCUT2D eigenvalue weighted by Crippen LogP contribution is 2.32. The molecule has 0 fully saturated rings. The predicted molar refractivity (Wildman–Crippen MR) is 66.2 cm³/mol. The van der Waals surface area contributed by atoms with Crippen molar-refractivity contribution in [2.24, 2.45) is 0 Å². The molecule has 76 valence electrons. The molecule has 0 radical (unpaired) electrons. The standard InChI is InChI=1S/C12H10OS2/c13-12-3-10-6-14-4-8(10)1-2-9-5-15-7-11(9)12/h1-2,4-7,12-13H,3H2/b2-1-. The Morgan fingerprint density at radius 2 is 1.73 bits per heavy atom. The molecule has 2 heterocycles. The second-order valence-corrected chi connectivity index (χ2v) is 5.18. The minimum atomic E-state index is -0.357. The van der Waals surface area contributed by atoms with Crippen LogP contribution in [0.15, 0.2) is 21.5 Å². The van der Waals surface area contributed by atoms with E-state index in [1.165, 1.54) is 11.1 Å². The summed E-state index contributed by atoms with van der Waals surface area (Å²) in [7, 11) is 0. The predicted octanol–water partition coefficient (Wildman–Crippen LogP) is 3.57. The molecule has 15 heavy (non-hydrogen) atoms. The molecule has 2 aromatic heterocycles. The van der Waals surface area contributed by atoms with E-state index in [4.69, 9.17) is 0 Å². The lowest BCUT2D eigenvalue weighted by atomic mass is 9.96. The highest BCUT2D eigenvalue weighted by molar-refractivity contribution is 7.08. The Balaban J connectivity index is 2.14. The van der Waals surface area contributed by atoms with Crippen LogP contribution in [0.1, 0.15) is 28.4 Å². The lowest BCUT2D eigenvalue weighted by molar-refractivity contribution is 0.178. The van der Waals surface area contributed by atoms with E-state index in [0.717, 1.165) is 17.5 Å². The highest BCUT2D eigenvalue weighted by Gasteiger charge is 2.16. The summed E-state index contributed by atoms with van der Waals surface area (Å²) in [5.41, 5.74) is 4.72. The van der Waals surface area contributed by atoms with E-state index in [0.29, 0.717) is 0 Å². The molecule has 2 aromatic rings. The fourth-order valence-corrected chi connectivity index (χ4v) is 3.58. The smallest absolute Gasteiger partial charge is 0.0844 e. The van der Waals surface area contributed by atoms with Gasteiger partial charge in [0.15, 0.2) is 0 Å². The molecule has 1 nitrogen and oxygen atoms in total. The van der Waals surface area contributed by atoms with Crippen molar-refractivity contribution in [2.75, 3.05) is 0 Å². The van der Waals surface area contributed by atoms with E-state index < -0.39 is 0 Å². The molecule has 0 bridgehead atoms. The average Bonchev–Trinajstić information content (AvgIpc) is 2.81. The molecule has 0 saturated carbocycles. The Labute approximate surface area is 96.3 Å². The zero-order valence-corrected chi connectivity index (χ0v) is 9.65. The first kappa shape index (κ1) is 9.33. The molecule has 1 atom stereocenters. The van der Waals surface area contributed by atoms with Gasteiger partial charge in [0.25, 0.3) is 0 Å². The Kier molecular flexibility index (Phi) is 2.24. The topological polar surface area (TPSA) is 20.2 Å². The van der Waals surface area contributed by atoms with E-state index in [2.05, 4.69) is 28.3 Å². The fraction of sp³-hybridized carbons (Fsp3) is 0.167. The maximum absolute atomic E-state index is 10.1. The van der Waals surface area contributed by atoms with Gasteiger partial charge in [-0.3, -0.25) is 0 Å². The van der Waals surface area contributed by atoms with Crippen LogP contribution in [-0.2, 0) is 6.42 Å². The van der Waals surface area contributed by atoms with Crippen LogP contribution in [0.4, 0.5) is 0 Å². The first-order valence-corrected chi connectivity index (χ1v) is 6.70. The summed E-state index contributed by atoms with van der Waals surface area (Å²) in [6.07, 6.45) is 4.61. The number of aliphatic hydroxyl groups excluding tert-OH is 1. The van der Waals surface area contributed by atoms with Crippen LogP contribution >= 0.6 is 22.7 Å². The van der Waals surface area contributed by atoms with Gasteiger partial charge in [0.1, 0.15) is 0 Å². The minimum Gasteiger partial charge on any atom is -0.388 e. The molecule has 1 N–H and O–H groups in total. The molecular weight excluding hydrogens is 224 g/mol. The molecule has 0 aromatic carbocycles. The average molecular weight is 234 g/mol. The van der Waals surface area contributed by atoms with Gasteiger partial charge >= 0.3 is 0 Å². The molecule has 1 aliphatic rings. The van der Waals surface area contributed by atoms with E-state index >= 15 is 0 Å². The van der Waals surface area contributed by atoms with Crippen LogP contribution in [0.5, 0.6) is 0 Å². The lowest BCUT2D eigenvalue weighted by Gasteiger charge is -2.12. The molecule has 1 unspecified atom stereocenters. The van der Waals surface area contributed by atoms with Gasteiger partial charge in [0, 0.05) is 6.42 Å². The Bertz CT molecular complexity index is 507. The molecule has 3 heteroatoms. The second-order valence-electron chi connectivity index (χ2n) is 3.69. The molecule has 0 spiro atoms. The van der Waals surface area contributed by atoms with Crippen LogP contribution < -0.4 is 0 Å². The van der Waals surface area contributed by atoms with Crippen molar-refractivity contribution in [3.05, 3.63) is 43.8 Å². The van der Waals surface area contributed by atoms with Crippen LogP contribution in [-0.4, -0.2) is 5.11 Å². The van der Waals surface area contributed by atoms with Gasteiger partial charge in [-0.15, -0.1) is 0 Å². The summed E-state index contributed by atoms with van der Waals surface area (Å²) < 4.78 is 0. The minimum absolute atomic E-state index is 0.357. The first-order chi connectivity index (χ1) is 7.34. The number of thiophene rings is 2. The summed E-state index contributed by atoms with van der Waals surface area (Å²) in [5.74, 6) is 0. The van der Waals surface area contributed by atoms with E-state index in [-0.39, 0.29) is 6.10 Å². The van der Waals surface area contributed by atoms with Crippen LogP contribution in [0.2, 0.25) is 0 Å². The van der Waals surface area contributed by atoms with Crippen molar-refractivity contribution in [1.29, 1.82) is 0 Å². The molecule has 3 rings (SSSR count). The number of fused-ring (bicyclic) bond motifs is 2. The van der Waals surface area contributed by atoms with Crippen molar-refractivity contribution < 1.29 is 5.11 Å². The first-order valence-electron chi connectivity index (χ1n) is 4.82. The zero-order valence-electron chi connectivity index (χ0n) is 8.01. The normalized spacial score (nSPS) is 21.3. The van der Waals surface area contributed by atoms with Crippen molar-refractivity contribution in [1.82, 2.24) is 0 Å². The fourth-order valence-electron chi connectivity index (χ4n) is 1.87. The SMILES string of the molecule is OC1Cc2cscc2/C=C\c2cscc21. The number of hydrogen-bond acceptors (Lipinski definition) is 3. The number of aliphatic hydroxyl groups is 1. The van der Waals surface area contributed by atoms with Crippen molar-refractivity contribution in [3.63, 3.8) is 0 Å². The summed E-state index contributed by atoms with van der Waals surface area (Å²) >= 11 is 3.35. The number of rotatable bonds is 0. The lowest BCUT2D eigenvalue weighted by Crippen LogP contribution is -2.03. The number of hydrogen-bond donors (Lipinski definition) is 1. The van der Waals surface area contributed by atoms with Gasteiger partial charge in [-0.1, -0.05) is 12.2 Å². The highest BCUT2D eigenvalue weighted by atomic mass is 32.1. The second kappa shape index (κ2) is 3.59. The van der Waals surface area contributed by atoms with Gasteiger partial charge in [0.2, 0.25) is 0 Å². The van der Waals surface area contributed by atoms with Gasteiger partial charge in [-0.25, -0.2) is 0 Å². The Morgan fingerprint density at radius 3 is 2.67 bits per heavy atom. The Morgan fingerprint density at radius 1 is 1.00 bits per heavy atom. The van der Waals surface area contributed by atoms with Crippen molar-refractivity contribution >= 4 is 34.8 Å². The van der Waals surface area contributed by atoms with Crippen LogP contribution in [0.3, 0.4) is 0 Å². The third kappa shape index (κ3) is 1.57. The maximum Gasteiger partial charge on any atom is 0.0844 e. The quantitative estimate of drug-likeness (QED) is 0.739. The zero-order chi connectivity index (χ0) is 10.3. The van der Waals surface area contributed by atoms with Crippen LogP contribution in [0, 0.1) is 0 Å². The van der Waals surface area contributed by atoms with Gasteiger partial charge < -0.3 is 5.11 Å². The molecular formula is C12H10OS2. The maximum atomic E-state index is 10.1. The molecule has 0 aliphatic heterocycles. The van der Waals surface area contributed by atoms with Crippen LogP contribution in [0.25, 0.3) is 12.2 Å². The van der Waals surface area contributed by atoms with Crippen molar-refractivity contribution in [2.45, 2.75) is 12.5 Å². The summed E-state index contributed by atoms with van der Waals surface area (Å²) in [4.78, 5) is 0. The van der Waals surface area contributed by atoms with Crippen molar-refractivity contribution in [3.8, 4) is 0 Å². The van der Waals surface area contributed by atoms with E-state index in [9.17, 15) is 5.11 Å². The largest absolute Gasteiger partial charge is 0.388 e. The monoisotopic (exact) mass is 234 g/mol. The van der Waals surface area contributed by atoms with E-state index in [1.807, 2.05) is 5.38 Å². The Hall–Kier alpha value is -0.900. The summed E-state index contributed by atoms with van der Waals surface area (Å²) in [6.45, 7) is 0. The van der Waals surface area contributed by atoms with Gasteiger partial charge in [-0.2, -0.15) is 22.7 Å². The molecule has 1 aliphatic carbocycles. The molecule has 0 saturated heterocycles. The van der Waals surface area contributed by atoms with Gasteiger partial charge in [-0.05, 0) is 43.8 Å². The third-order valence-electron chi connectivity index (χ3n) is 2.71. The summed E-state index contributed by atoms with van der Waals surface area (Å²) in [5, 5.41) is 18.5. The molecule has 0 amide bonds. The summed E-state index contributed by atoms with van der Waals surface area (Å²) in [6, 6.07) is 0. The third-order valence-corrected chi connectivity index (χ3v) is 4.30.